The van der Waals surface area contributed by atoms with Crippen LogP contribution in [0.4, 0.5) is 0 Å². The molecule has 0 bridgehead atoms. The second kappa shape index (κ2) is 9.68. The first-order valence-electron chi connectivity index (χ1n) is 12.2. The van der Waals surface area contributed by atoms with Gasteiger partial charge in [0.1, 0.15) is 0 Å². The van der Waals surface area contributed by atoms with Gasteiger partial charge in [0.05, 0.1) is 6.42 Å². The van der Waals surface area contributed by atoms with Crippen LogP contribution >= 0.6 is 0 Å². The molecule has 0 saturated carbocycles. The van der Waals surface area contributed by atoms with Crippen molar-refractivity contribution in [2.45, 2.75) is 32.1 Å². The quantitative estimate of drug-likeness (QED) is 0.609. The average Bonchev–Trinajstić information content (AvgIpc) is 3.54. The monoisotopic (exact) mass is 463 g/mol. The third-order valence-corrected chi connectivity index (χ3v) is 7.48. The highest BCUT2D eigenvalue weighted by molar-refractivity contribution is 5.83. The molecule has 0 aliphatic carbocycles. The van der Waals surface area contributed by atoms with Gasteiger partial charge in [0.2, 0.25) is 12.7 Å². The van der Waals surface area contributed by atoms with Crippen LogP contribution < -0.4 is 9.47 Å². The third kappa shape index (κ3) is 4.50. The number of nitrogens with zero attached hydrogens (tertiary/aromatic N) is 2. The number of para-hydroxylation sites is 1. The molecule has 0 radical (unpaired) electrons. The van der Waals surface area contributed by atoms with Crippen molar-refractivity contribution >= 4 is 16.8 Å². The Morgan fingerprint density at radius 1 is 1.06 bits per heavy atom. The van der Waals surface area contributed by atoms with Crippen LogP contribution in [0.2, 0.25) is 0 Å². The summed E-state index contributed by atoms with van der Waals surface area (Å²) in [4.78, 5) is 21.0. The maximum atomic E-state index is 13.0. The van der Waals surface area contributed by atoms with Crippen molar-refractivity contribution in [1.82, 2.24) is 14.8 Å². The smallest absolute Gasteiger partial charge is 0.231 e. The zero-order chi connectivity index (χ0) is 22.2. The predicted octanol–water partition coefficient (Wildman–Crippen LogP) is 2.95. The van der Waals surface area contributed by atoms with Crippen LogP contribution in [0, 0.1) is 5.92 Å². The highest BCUT2D eigenvalue weighted by atomic mass is 16.7. The summed E-state index contributed by atoms with van der Waals surface area (Å²) in [5.41, 5.74) is 4.96. The molecule has 2 aromatic carbocycles. The van der Waals surface area contributed by atoms with E-state index < -0.39 is 0 Å². The molecular formula is C27H33N3O4. The van der Waals surface area contributed by atoms with E-state index >= 15 is 0 Å². The first-order valence-corrected chi connectivity index (χ1v) is 12.2. The molecule has 1 aromatic heterocycles. The SMILES string of the molecule is O.O=C1Cc2cc3c(cc2CCN1CC1CCN(CCCc2c[nH]c4ccccc24)C1)OCO3. The van der Waals surface area contributed by atoms with Crippen LogP contribution in [0.5, 0.6) is 11.5 Å². The van der Waals surface area contributed by atoms with E-state index in [9.17, 15) is 4.79 Å². The predicted molar refractivity (Wildman–Crippen MR) is 131 cm³/mol. The number of hydrogen-bond donors (Lipinski definition) is 1. The molecule has 3 aromatic rings. The van der Waals surface area contributed by atoms with Crippen molar-refractivity contribution in [2.24, 2.45) is 5.92 Å². The van der Waals surface area contributed by atoms with Gasteiger partial charge >= 0.3 is 0 Å². The van der Waals surface area contributed by atoms with E-state index in [-0.39, 0.29) is 18.2 Å². The van der Waals surface area contributed by atoms with Gasteiger partial charge in [0, 0.05) is 36.7 Å². The lowest BCUT2D eigenvalue weighted by Gasteiger charge is -2.24. The summed E-state index contributed by atoms with van der Waals surface area (Å²) in [6.07, 6.45) is 6.96. The molecule has 1 unspecified atom stereocenters. The van der Waals surface area contributed by atoms with Crippen LogP contribution in [0.15, 0.2) is 42.6 Å². The fourth-order valence-electron chi connectivity index (χ4n) is 5.68. The summed E-state index contributed by atoms with van der Waals surface area (Å²) >= 11 is 0. The molecule has 180 valence electrons. The second-order valence-electron chi connectivity index (χ2n) is 9.66. The number of amides is 1. The Bertz CT molecular complexity index is 1170. The number of likely N-dealkylation sites (tertiary alicyclic amines) is 1. The molecule has 1 fully saturated rings. The summed E-state index contributed by atoms with van der Waals surface area (Å²) < 4.78 is 11.0. The van der Waals surface area contributed by atoms with Gasteiger partial charge in [-0.15, -0.1) is 0 Å². The minimum atomic E-state index is 0. The van der Waals surface area contributed by atoms with Crippen LogP contribution in [-0.2, 0) is 24.1 Å². The average molecular weight is 464 g/mol. The van der Waals surface area contributed by atoms with Gasteiger partial charge in [0.15, 0.2) is 11.5 Å². The fraction of sp³-hybridized carbons (Fsp3) is 0.444. The van der Waals surface area contributed by atoms with Crippen LogP contribution in [-0.4, -0.2) is 65.7 Å². The molecule has 4 heterocycles. The Labute approximate surface area is 199 Å². The van der Waals surface area contributed by atoms with Crippen molar-refractivity contribution in [3.05, 3.63) is 59.3 Å². The van der Waals surface area contributed by atoms with E-state index in [0.717, 1.165) is 62.6 Å². The third-order valence-electron chi connectivity index (χ3n) is 7.48. The summed E-state index contributed by atoms with van der Waals surface area (Å²) in [5, 5.41) is 1.35. The van der Waals surface area contributed by atoms with Gasteiger partial charge in [0.25, 0.3) is 0 Å². The van der Waals surface area contributed by atoms with Crippen molar-refractivity contribution in [2.75, 3.05) is 39.5 Å². The number of carbonyl (C=O) groups is 1. The normalized spacial score (nSPS) is 19.8. The molecule has 1 amide bonds. The zero-order valence-electron chi connectivity index (χ0n) is 19.5. The van der Waals surface area contributed by atoms with Gasteiger partial charge in [-0.2, -0.15) is 0 Å². The first-order chi connectivity index (χ1) is 16.2. The molecule has 7 nitrogen and oxygen atoms in total. The Kier molecular flexibility index (Phi) is 6.48. The Balaban J connectivity index is 0.00000241. The standard InChI is InChI=1S/C27H31N3O3.H2O/c31-27-14-22-13-26-25(32-18-33-26)12-20(22)8-11-30(27)17-19-7-10-29(16-19)9-3-4-21-15-28-24-6-2-1-5-23(21)24;/h1-2,5-6,12-13,15,19,28H,3-4,7-11,14,16-18H2;1H2. The van der Waals surface area contributed by atoms with Crippen molar-refractivity contribution in [3.63, 3.8) is 0 Å². The molecule has 0 spiro atoms. The number of nitrogens with one attached hydrogen (secondary N) is 1. The molecule has 3 aliphatic rings. The lowest BCUT2D eigenvalue weighted by molar-refractivity contribution is -0.130. The minimum absolute atomic E-state index is 0. The first kappa shape index (κ1) is 22.7. The van der Waals surface area contributed by atoms with E-state index in [1.165, 1.54) is 34.9 Å². The molecule has 3 aliphatic heterocycles. The Morgan fingerprint density at radius 3 is 2.76 bits per heavy atom. The van der Waals surface area contributed by atoms with Gasteiger partial charge in [-0.3, -0.25) is 4.79 Å². The lowest BCUT2D eigenvalue weighted by Crippen LogP contribution is -2.37. The Hall–Kier alpha value is -3.03. The van der Waals surface area contributed by atoms with Gasteiger partial charge in [-0.25, -0.2) is 0 Å². The summed E-state index contributed by atoms with van der Waals surface area (Å²) in [5.74, 6) is 2.40. The highest BCUT2D eigenvalue weighted by Crippen LogP contribution is 2.36. The van der Waals surface area contributed by atoms with Crippen LogP contribution in [0.1, 0.15) is 29.5 Å². The van der Waals surface area contributed by atoms with Gasteiger partial charge in [-0.05, 0) is 79.6 Å². The topological polar surface area (TPSA) is 89.3 Å². The van der Waals surface area contributed by atoms with E-state index in [2.05, 4.69) is 51.3 Å². The van der Waals surface area contributed by atoms with Crippen molar-refractivity contribution < 1.29 is 19.7 Å². The molecule has 1 saturated heterocycles. The summed E-state index contributed by atoms with van der Waals surface area (Å²) in [7, 11) is 0. The van der Waals surface area contributed by atoms with E-state index in [0.29, 0.717) is 12.3 Å². The van der Waals surface area contributed by atoms with E-state index in [4.69, 9.17) is 9.47 Å². The second-order valence-corrected chi connectivity index (χ2v) is 9.66. The molecule has 3 N–H and O–H groups in total. The van der Waals surface area contributed by atoms with Crippen molar-refractivity contribution in [1.29, 1.82) is 0 Å². The number of carbonyl (C=O) groups excluding carboxylic acids is 1. The highest BCUT2D eigenvalue weighted by Gasteiger charge is 2.29. The number of rotatable bonds is 6. The zero-order valence-corrected chi connectivity index (χ0v) is 19.5. The number of aromatic amines is 1. The molecule has 7 heteroatoms. The molecule has 34 heavy (non-hydrogen) atoms. The number of ether oxygens (including phenoxy) is 2. The van der Waals surface area contributed by atoms with Crippen molar-refractivity contribution in [3.8, 4) is 11.5 Å². The van der Waals surface area contributed by atoms with E-state index in [1.807, 2.05) is 6.07 Å². The number of H-pyrrole nitrogens is 1. The Morgan fingerprint density at radius 2 is 1.88 bits per heavy atom. The lowest BCUT2D eigenvalue weighted by atomic mass is 10.0. The number of aryl methyl sites for hydroxylation is 1. The number of benzene rings is 2. The van der Waals surface area contributed by atoms with Crippen LogP contribution in [0.3, 0.4) is 0 Å². The maximum absolute atomic E-state index is 13.0. The molecule has 1 atom stereocenters. The number of aromatic nitrogens is 1. The summed E-state index contributed by atoms with van der Waals surface area (Å²) in [6.45, 7) is 5.31. The largest absolute Gasteiger partial charge is 0.454 e. The van der Waals surface area contributed by atoms with Crippen LogP contribution in [0.25, 0.3) is 10.9 Å². The maximum Gasteiger partial charge on any atom is 0.231 e. The van der Waals surface area contributed by atoms with Gasteiger partial charge in [-0.1, -0.05) is 18.2 Å². The fourth-order valence-corrected chi connectivity index (χ4v) is 5.68. The number of hydrogen-bond acceptors (Lipinski definition) is 4. The minimum Gasteiger partial charge on any atom is -0.454 e. The number of fused-ring (bicyclic) bond motifs is 3. The summed E-state index contributed by atoms with van der Waals surface area (Å²) in [6, 6.07) is 12.6. The van der Waals surface area contributed by atoms with Gasteiger partial charge < -0.3 is 29.7 Å². The molecule has 6 rings (SSSR count). The van der Waals surface area contributed by atoms with E-state index in [1.54, 1.807) is 0 Å². The molecular weight excluding hydrogens is 430 g/mol.